The molecule has 6 nitrogen and oxygen atoms in total. The van der Waals surface area contributed by atoms with Gasteiger partial charge < -0.3 is 15.3 Å². The number of amides is 2. The van der Waals surface area contributed by atoms with Gasteiger partial charge in [0.2, 0.25) is 5.91 Å². The van der Waals surface area contributed by atoms with Crippen LogP contribution >= 0.6 is 0 Å². The number of piperidine rings is 2. The van der Waals surface area contributed by atoms with Crippen molar-refractivity contribution in [1.29, 1.82) is 0 Å². The highest BCUT2D eigenvalue weighted by molar-refractivity contribution is 5.98. The van der Waals surface area contributed by atoms with Gasteiger partial charge in [-0.3, -0.25) is 14.5 Å². The van der Waals surface area contributed by atoms with Crippen LogP contribution in [0.1, 0.15) is 48.9 Å². The number of likely N-dealkylation sites (tertiary alicyclic amines) is 2. The van der Waals surface area contributed by atoms with Crippen molar-refractivity contribution in [3.05, 3.63) is 23.8 Å². The van der Waals surface area contributed by atoms with Gasteiger partial charge in [0.25, 0.3) is 5.91 Å². The number of hydrogen-bond acceptors (Lipinski definition) is 4. The van der Waals surface area contributed by atoms with Crippen LogP contribution in [0.4, 0.5) is 5.69 Å². The van der Waals surface area contributed by atoms with Gasteiger partial charge in [-0.15, -0.1) is 0 Å². The van der Waals surface area contributed by atoms with Crippen LogP contribution in [0.5, 0.6) is 5.75 Å². The lowest BCUT2D eigenvalue weighted by molar-refractivity contribution is -0.117. The Bertz CT molecular complexity index is 620. The number of carbonyl (C=O) groups is 2. The van der Waals surface area contributed by atoms with Gasteiger partial charge >= 0.3 is 0 Å². The maximum Gasteiger partial charge on any atom is 0.257 e. The molecule has 2 amide bonds. The second-order valence-corrected chi connectivity index (χ2v) is 6.97. The molecule has 0 atom stereocenters. The smallest absolute Gasteiger partial charge is 0.257 e. The van der Waals surface area contributed by atoms with Crippen molar-refractivity contribution >= 4 is 17.5 Å². The summed E-state index contributed by atoms with van der Waals surface area (Å²) in [6.07, 6.45) is 6.69. The second kappa shape index (κ2) is 8.34. The average Bonchev–Trinajstić information content (AvgIpc) is 2.63. The topological polar surface area (TPSA) is 72.9 Å². The predicted octanol–water partition coefficient (Wildman–Crippen LogP) is 2.44. The lowest BCUT2D eigenvalue weighted by Gasteiger charge is -2.27. The molecule has 0 unspecified atom stereocenters. The zero-order valence-corrected chi connectivity index (χ0v) is 14.7. The minimum atomic E-state index is -0.136. The summed E-state index contributed by atoms with van der Waals surface area (Å²) in [5, 5.41) is 13.0. The minimum absolute atomic E-state index is 0.0775. The number of phenols is 1. The lowest BCUT2D eigenvalue weighted by Crippen LogP contribution is -2.37. The van der Waals surface area contributed by atoms with E-state index in [1.807, 2.05) is 0 Å². The fourth-order valence-electron chi connectivity index (χ4n) is 3.58. The van der Waals surface area contributed by atoms with Crippen LogP contribution in [-0.4, -0.2) is 59.4 Å². The van der Waals surface area contributed by atoms with Gasteiger partial charge in [0.15, 0.2) is 0 Å². The Balaban J connectivity index is 1.59. The van der Waals surface area contributed by atoms with E-state index in [4.69, 9.17) is 0 Å². The van der Waals surface area contributed by atoms with E-state index in [1.54, 1.807) is 17.0 Å². The summed E-state index contributed by atoms with van der Waals surface area (Å²) in [7, 11) is 0. The predicted molar refractivity (Wildman–Crippen MR) is 96.8 cm³/mol. The van der Waals surface area contributed by atoms with Gasteiger partial charge in [-0.05, 0) is 57.3 Å². The third-order valence-corrected chi connectivity index (χ3v) is 4.97. The maximum atomic E-state index is 12.5. The van der Waals surface area contributed by atoms with Crippen LogP contribution in [0.2, 0.25) is 0 Å². The summed E-state index contributed by atoms with van der Waals surface area (Å²) in [5.74, 6) is -0.300. The summed E-state index contributed by atoms with van der Waals surface area (Å²) in [4.78, 5) is 28.6. The third-order valence-electron chi connectivity index (χ3n) is 4.97. The molecule has 2 aliphatic heterocycles. The monoisotopic (exact) mass is 345 g/mol. The number of aromatic hydroxyl groups is 1. The normalized spacial score (nSPS) is 18.8. The van der Waals surface area contributed by atoms with E-state index >= 15 is 0 Å². The first-order valence-electron chi connectivity index (χ1n) is 9.28. The number of carbonyl (C=O) groups excluding carboxylic acids is 2. The molecule has 136 valence electrons. The molecular formula is C19H27N3O3. The van der Waals surface area contributed by atoms with Crippen molar-refractivity contribution in [1.82, 2.24) is 9.80 Å². The lowest BCUT2D eigenvalue weighted by atomic mass is 10.1. The molecule has 2 fully saturated rings. The van der Waals surface area contributed by atoms with Crippen molar-refractivity contribution in [2.45, 2.75) is 38.5 Å². The zero-order valence-electron chi connectivity index (χ0n) is 14.7. The molecule has 1 aromatic carbocycles. The number of nitrogens with zero attached hydrogens (tertiary/aromatic N) is 2. The molecule has 0 aliphatic carbocycles. The Hall–Kier alpha value is -2.08. The Morgan fingerprint density at radius 1 is 0.960 bits per heavy atom. The molecule has 0 spiro atoms. The number of hydrogen-bond donors (Lipinski definition) is 2. The zero-order chi connectivity index (χ0) is 17.6. The third kappa shape index (κ3) is 4.72. The quantitative estimate of drug-likeness (QED) is 0.879. The number of anilines is 1. The van der Waals surface area contributed by atoms with Crippen molar-refractivity contribution in [2.75, 3.05) is 38.0 Å². The van der Waals surface area contributed by atoms with Crippen LogP contribution in [0.3, 0.4) is 0 Å². The van der Waals surface area contributed by atoms with E-state index in [9.17, 15) is 14.7 Å². The Kier molecular flexibility index (Phi) is 5.91. The van der Waals surface area contributed by atoms with E-state index in [0.717, 1.165) is 58.3 Å². The van der Waals surface area contributed by atoms with Gasteiger partial charge in [-0.25, -0.2) is 0 Å². The molecule has 2 aliphatic rings. The van der Waals surface area contributed by atoms with Crippen LogP contribution in [0.15, 0.2) is 18.2 Å². The van der Waals surface area contributed by atoms with Gasteiger partial charge in [0.1, 0.15) is 5.75 Å². The molecule has 0 radical (unpaired) electrons. The summed E-state index contributed by atoms with van der Waals surface area (Å²) >= 11 is 0. The molecule has 25 heavy (non-hydrogen) atoms. The van der Waals surface area contributed by atoms with E-state index in [2.05, 4.69) is 10.2 Å². The fourth-order valence-corrected chi connectivity index (χ4v) is 3.58. The molecule has 0 saturated carbocycles. The minimum Gasteiger partial charge on any atom is -0.507 e. The van der Waals surface area contributed by atoms with Gasteiger partial charge in [0.05, 0.1) is 12.1 Å². The molecule has 3 rings (SSSR count). The number of benzene rings is 1. The molecule has 2 N–H and O–H groups in total. The average molecular weight is 345 g/mol. The van der Waals surface area contributed by atoms with Crippen molar-refractivity contribution < 1.29 is 14.7 Å². The van der Waals surface area contributed by atoms with Crippen LogP contribution in [0, 0.1) is 0 Å². The number of rotatable bonds is 4. The molecule has 2 heterocycles. The van der Waals surface area contributed by atoms with Crippen molar-refractivity contribution in [3.8, 4) is 5.75 Å². The van der Waals surface area contributed by atoms with Crippen molar-refractivity contribution in [2.24, 2.45) is 0 Å². The molecule has 6 heteroatoms. The molecule has 2 saturated heterocycles. The van der Waals surface area contributed by atoms with Crippen LogP contribution < -0.4 is 5.32 Å². The maximum absolute atomic E-state index is 12.5. The highest BCUT2D eigenvalue weighted by Gasteiger charge is 2.21. The second-order valence-electron chi connectivity index (χ2n) is 6.97. The Labute approximate surface area is 148 Å². The van der Waals surface area contributed by atoms with E-state index in [0.29, 0.717) is 17.8 Å². The van der Waals surface area contributed by atoms with E-state index < -0.39 is 0 Å². The van der Waals surface area contributed by atoms with Gasteiger partial charge in [-0.1, -0.05) is 6.42 Å². The number of phenolic OH excluding ortho intramolecular Hbond substituents is 1. The molecule has 1 aromatic rings. The van der Waals surface area contributed by atoms with E-state index in [-0.39, 0.29) is 17.6 Å². The van der Waals surface area contributed by atoms with Crippen LogP contribution in [0.25, 0.3) is 0 Å². The first-order chi connectivity index (χ1) is 12.1. The molecule has 0 aromatic heterocycles. The standard InChI is InChI=1S/C19H27N3O3/c23-17-13-15(20-18(24)14-21-9-3-1-4-10-21)7-8-16(17)19(25)22-11-5-2-6-12-22/h7-8,13,23H,1-6,9-12,14H2,(H,20,24). The Morgan fingerprint density at radius 2 is 1.60 bits per heavy atom. The molecule has 0 bridgehead atoms. The largest absolute Gasteiger partial charge is 0.507 e. The summed E-state index contributed by atoms with van der Waals surface area (Å²) in [6, 6.07) is 4.75. The summed E-state index contributed by atoms with van der Waals surface area (Å²) < 4.78 is 0. The van der Waals surface area contributed by atoms with Crippen molar-refractivity contribution in [3.63, 3.8) is 0 Å². The molecular weight excluding hydrogens is 318 g/mol. The summed E-state index contributed by atoms with van der Waals surface area (Å²) in [6.45, 7) is 3.78. The highest BCUT2D eigenvalue weighted by atomic mass is 16.3. The van der Waals surface area contributed by atoms with Crippen LogP contribution in [-0.2, 0) is 4.79 Å². The first kappa shape index (κ1) is 17.7. The highest BCUT2D eigenvalue weighted by Crippen LogP contribution is 2.24. The fraction of sp³-hybridized carbons (Fsp3) is 0.579. The van der Waals surface area contributed by atoms with E-state index in [1.165, 1.54) is 12.5 Å². The van der Waals surface area contributed by atoms with Gasteiger partial charge in [0, 0.05) is 24.8 Å². The first-order valence-corrected chi connectivity index (χ1v) is 9.28. The SMILES string of the molecule is O=C(CN1CCCCC1)Nc1ccc(C(=O)N2CCCCC2)c(O)c1. The number of nitrogens with one attached hydrogen (secondary N) is 1. The summed E-state index contributed by atoms with van der Waals surface area (Å²) in [5.41, 5.74) is 0.825. The Morgan fingerprint density at radius 3 is 2.24 bits per heavy atom. The van der Waals surface area contributed by atoms with Gasteiger partial charge in [-0.2, -0.15) is 0 Å².